The number of Topliss-reactive ketones (excluding diaryl/α,β-unsaturated/α-hetero) is 1. The Bertz CT molecular complexity index is 589. The molecule has 0 bridgehead atoms. The summed E-state index contributed by atoms with van der Waals surface area (Å²) in [5.41, 5.74) is -0.522. The fraction of sp³-hybridized carbons (Fsp3) is 0.966. The highest BCUT2D eigenvalue weighted by atomic mass is 16.1. The third kappa shape index (κ3) is 5.43. The van der Waals surface area contributed by atoms with Crippen LogP contribution in [0, 0.1) is 21.7 Å². The van der Waals surface area contributed by atoms with Crippen molar-refractivity contribution in [3.63, 3.8) is 0 Å². The first-order valence-corrected chi connectivity index (χ1v) is 13.7. The monoisotopic (exact) mass is 478 g/mol. The van der Waals surface area contributed by atoms with Gasteiger partial charge in [-0.05, 0) is 21.7 Å². The summed E-state index contributed by atoms with van der Waals surface area (Å²) in [7, 11) is 0. The molecule has 0 spiro atoms. The molecule has 0 atom stereocenters. The van der Waals surface area contributed by atoms with E-state index in [2.05, 4.69) is 104 Å². The summed E-state index contributed by atoms with van der Waals surface area (Å²) in [6.45, 7) is 36.2. The molecular weight excluding hydrogens is 420 g/mol. The van der Waals surface area contributed by atoms with E-state index >= 15 is 0 Å². The van der Waals surface area contributed by atoms with E-state index in [-0.39, 0.29) is 32.7 Å². The molecule has 2 aliphatic rings. The highest BCUT2D eigenvalue weighted by Crippen LogP contribution is 2.54. The zero-order chi connectivity index (χ0) is 26.2. The Hall–Kier alpha value is -0.490. The van der Waals surface area contributed by atoms with Crippen LogP contribution >= 0.6 is 0 Å². The first kappa shape index (κ1) is 29.7. The van der Waals surface area contributed by atoms with Crippen molar-refractivity contribution in [3.05, 3.63) is 0 Å². The van der Waals surface area contributed by atoms with Gasteiger partial charge in [0.15, 0.2) is 0 Å². The summed E-state index contributed by atoms with van der Waals surface area (Å²) in [4.78, 5) is 19.8. The molecule has 34 heavy (non-hydrogen) atoms. The molecule has 0 radical (unpaired) electrons. The quantitative estimate of drug-likeness (QED) is 0.574. The van der Waals surface area contributed by atoms with Crippen molar-refractivity contribution >= 4 is 5.78 Å². The van der Waals surface area contributed by atoms with E-state index in [9.17, 15) is 4.79 Å². The molecular formula is C29H58N4O. The van der Waals surface area contributed by atoms with E-state index in [0.717, 1.165) is 52.4 Å². The Morgan fingerprint density at radius 2 is 0.765 bits per heavy atom. The molecule has 200 valence electrons. The number of nitrogens with one attached hydrogen (secondary N) is 2. The van der Waals surface area contributed by atoms with Crippen LogP contribution in [-0.4, -0.2) is 79.0 Å². The van der Waals surface area contributed by atoms with Gasteiger partial charge in [0.1, 0.15) is 5.78 Å². The van der Waals surface area contributed by atoms with Crippen molar-refractivity contribution < 1.29 is 4.79 Å². The van der Waals surface area contributed by atoms with Gasteiger partial charge in [-0.3, -0.25) is 14.6 Å². The van der Waals surface area contributed by atoms with Crippen molar-refractivity contribution in [3.8, 4) is 0 Å². The standard InChI is InChI=1S/C29H58N4O/c1-24(2,3)28(25(4,5)6,32-17-13-30-14-18-32)21-23(34)22-29(26(7,8)9,27(10,11)12)33-19-15-31-16-20-33/h30-31H,13-22H2,1-12H3. The fourth-order valence-corrected chi connectivity index (χ4v) is 8.16. The molecule has 0 saturated carbocycles. The lowest BCUT2D eigenvalue weighted by Crippen LogP contribution is -2.70. The van der Waals surface area contributed by atoms with Gasteiger partial charge in [0.25, 0.3) is 0 Å². The molecule has 5 nitrogen and oxygen atoms in total. The van der Waals surface area contributed by atoms with Gasteiger partial charge in [-0.1, -0.05) is 83.1 Å². The number of carbonyl (C=O) groups is 1. The summed E-state index contributed by atoms with van der Waals surface area (Å²) in [6.07, 6.45) is 1.22. The van der Waals surface area contributed by atoms with E-state index in [0.29, 0.717) is 18.6 Å². The molecule has 2 rings (SSSR count). The van der Waals surface area contributed by atoms with Crippen LogP contribution in [0.15, 0.2) is 0 Å². The normalized spacial score (nSPS) is 21.1. The van der Waals surface area contributed by atoms with E-state index in [4.69, 9.17) is 0 Å². The van der Waals surface area contributed by atoms with Crippen molar-refractivity contribution in [2.24, 2.45) is 21.7 Å². The number of rotatable bonds is 6. The first-order valence-electron chi connectivity index (χ1n) is 13.7. The lowest BCUT2D eigenvalue weighted by atomic mass is 9.54. The SMILES string of the molecule is CC(C)(C)C(CC(=O)CC(N1CCNCC1)(C(C)(C)C)C(C)(C)C)(N1CCNCC1)C(C)(C)C. The van der Waals surface area contributed by atoms with Crippen LogP contribution in [0.2, 0.25) is 0 Å². The smallest absolute Gasteiger partial charge is 0.136 e. The predicted molar refractivity (Wildman–Crippen MR) is 146 cm³/mol. The van der Waals surface area contributed by atoms with Crippen molar-refractivity contribution in [1.29, 1.82) is 0 Å². The molecule has 2 N–H and O–H groups in total. The second kappa shape index (κ2) is 10.1. The minimum atomic E-state index is -0.204. The van der Waals surface area contributed by atoms with Crippen molar-refractivity contribution in [2.45, 2.75) is 107 Å². The highest BCUT2D eigenvalue weighted by molar-refractivity contribution is 5.81. The molecule has 0 aliphatic carbocycles. The van der Waals surface area contributed by atoms with Crippen LogP contribution in [0.4, 0.5) is 0 Å². The third-order valence-corrected chi connectivity index (χ3v) is 9.18. The molecule has 2 saturated heterocycles. The fourth-order valence-electron chi connectivity index (χ4n) is 8.16. The summed E-state index contributed by atoms with van der Waals surface area (Å²) >= 11 is 0. The molecule has 0 aromatic heterocycles. The van der Waals surface area contributed by atoms with Crippen LogP contribution < -0.4 is 10.6 Å². The van der Waals surface area contributed by atoms with Gasteiger partial charge in [0.05, 0.1) is 0 Å². The van der Waals surface area contributed by atoms with Gasteiger partial charge in [-0.25, -0.2) is 0 Å². The number of hydrogen-bond donors (Lipinski definition) is 2. The third-order valence-electron chi connectivity index (χ3n) is 9.18. The average Bonchev–Trinajstić information content (AvgIpc) is 2.67. The lowest BCUT2D eigenvalue weighted by molar-refractivity contribution is -0.149. The Labute approximate surface area is 212 Å². The maximum atomic E-state index is 14.5. The summed E-state index contributed by atoms with van der Waals surface area (Å²) in [5.74, 6) is 0.423. The summed E-state index contributed by atoms with van der Waals surface area (Å²) < 4.78 is 0. The minimum Gasteiger partial charge on any atom is -0.314 e. The minimum absolute atomic E-state index is 0.0284. The summed E-state index contributed by atoms with van der Waals surface area (Å²) in [6, 6.07) is 0. The number of ketones is 1. The Balaban J connectivity index is 2.56. The van der Waals surface area contributed by atoms with Crippen LogP contribution in [0.25, 0.3) is 0 Å². The van der Waals surface area contributed by atoms with Crippen LogP contribution in [0.5, 0.6) is 0 Å². The Morgan fingerprint density at radius 1 is 0.529 bits per heavy atom. The zero-order valence-corrected chi connectivity index (χ0v) is 24.9. The molecule has 0 amide bonds. The Kier molecular flexibility index (Phi) is 8.84. The maximum absolute atomic E-state index is 14.5. The van der Waals surface area contributed by atoms with E-state index in [1.807, 2.05) is 0 Å². The number of carbonyl (C=O) groups excluding carboxylic acids is 1. The molecule has 0 aromatic carbocycles. The topological polar surface area (TPSA) is 47.6 Å². The van der Waals surface area contributed by atoms with E-state index in [1.54, 1.807) is 0 Å². The molecule has 2 fully saturated rings. The molecule has 5 heteroatoms. The van der Waals surface area contributed by atoms with Gasteiger partial charge in [-0.2, -0.15) is 0 Å². The van der Waals surface area contributed by atoms with Gasteiger partial charge >= 0.3 is 0 Å². The van der Waals surface area contributed by atoms with Crippen LogP contribution in [-0.2, 0) is 4.79 Å². The predicted octanol–water partition coefficient (Wildman–Crippen LogP) is 4.81. The second-order valence-corrected chi connectivity index (χ2v) is 15.1. The lowest BCUT2D eigenvalue weighted by Gasteiger charge is -2.62. The van der Waals surface area contributed by atoms with Gasteiger partial charge in [0.2, 0.25) is 0 Å². The average molecular weight is 479 g/mol. The van der Waals surface area contributed by atoms with Gasteiger partial charge in [-0.15, -0.1) is 0 Å². The number of piperazine rings is 2. The van der Waals surface area contributed by atoms with Crippen molar-refractivity contribution in [1.82, 2.24) is 20.4 Å². The molecule has 2 aliphatic heterocycles. The number of hydrogen-bond acceptors (Lipinski definition) is 5. The van der Waals surface area contributed by atoms with E-state index < -0.39 is 0 Å². The molecule has 0 unspecified atom stereocenters. The van der Waals surface area contributed by atoms with Crippen molar-refractivity contribution in [2.75, 3.05) is 52.4 Å². The first-order chi connectivity index (χ1) is 15.3. The van der Waals surface area contributed by atoms with Crippen LogP contribution in [0.1, 0.15) is 95.9 Å². The zero-order valence-electron chi connectivity index (χ0n) is 24.9. The second-order valence-electron chi connectivity index (χ2n) is 15.1. The van der Waals surface area contributed by atoms with E-state index in [1.165, 1.54) is 0 Å². The molecule has 0 aromatic rings. The summed E-state index contributed by atoms with van der Waals surface area (Å²) in [5, 5.41) is 7.05. The Morgan fingerprint density at radius 3 is 0.971 bits per heavy atom. The largest absolute Gasteiger partial charge is 0.314 e. The number of nitrogens with zero attached hydrogens (tertiary/aromatic N) is 2. The van der Waals surface area contributed by atoms with Crippen LogP contribution in [0.3, 0.4) is 0 Å². The maximum Gasteiger partial charge on any atom is 0.136 e. The van der Waals surface area contributed by atoms with Gasteiger partial charge < -0.3 is 10.6 Å². The molecule has 2 heterocycles. The van der Waals surface area contributed by atoms with Gasteiger partial charge in [0, 0.05) is 76.3 Å². The highest BCUT2D eigenvalue weighted by Gasteiger charge is 2.59.